The molecule has 0 spiro atoms. The zero-order valence-corrected chi connectivity index (χ0v) is 7.98. The number of esters is 1. The number of hydrogen-bond acceptors (Lipinski definition) is 6. The lowest BCUT2D eigenvalue weighted by molar-refractivity contribution is 0.0519. The number of nitrogens with two attached hydrogens (primary N) is 1. The summed E-state index contributed by atoms with van der Waals surface area (Å²) in [6.07, 6.45) is 1.30. The van der Waals surface area contributed by atoms with Crippen molar-refractivity contribution in [2.24, 2.45) is 0 Å². The van der Waals surface area contributed by atoms with Crippen LogP contribution in [0.1, 0.15) is 17.4 Å². The number of ether oxygens (including phenoxy) is 2. The van der Waals surface area contributed by atoms with Crippen molar-refractivity contribution < 1.29 is 14.3 Å². The van der Waals surface area contributed by atoms with E-state index in [1.807, 2.05) is 0 Å². The maximum atomic E-state index is 11.3. The number of aromatic nitrogens is 2. The van der Waals surface area contributed by atoms with E-state index in [9.17, 15) is 4.79 Å². The zero-order chi connectivity index (χ0) is 10.6. The van der Waals surface area contributed by atoms with Crippen molar-refractivity contribution in [2.75, 3.05) is 19.5 Å². The highest BCUT2D eigenvalue weighted by atomic mass is 16.5. The summed E-state index contributed by atoms with van der Waals surface area (Å²) in [4.78, 5) is 18.8. The van der Waals surface area contributed by atoms with Crippen molar-refractivity contribution in [3.8, 4) is 6.01 Å². The summed E-state index contributed by atoms with van der Waals surface area (Å²) in [6, 6.07) is 0.0854. The summed E-state index contributed by atoms with van der Waals surface area (Å²) in [5, 5.41) is 0. The molecule has 0 bridgehead atoms. The van der Waals surface area contributed by atoms with Crippen molar-refractivity contribution in [3.63, 3.8) is 0 Å². The minimum atomic E-state index is -0.578. The van der Waals surface area contributed by atoms with E-state index >= 15 is 0 Å². The van der Waals surface area contributed by atoms with Crippen molar-refractivity contribution in [1.29, 1.82) is 0 Å². The van der Waals surface area contributed by atoms with Gasteiger partial charge in [0.2, 0.25) is 0 Å². The lowest BCUT2D eigenvalue weighted by Crippen LogP contribution is -2.11. The molecule has 0 saturated carbocycles. The van der Waals surface area contributed by atoms with Gasteiger partial charge >= 0.3 is 12.0 Å². The Bertz CT molecular complexity index is 341. The molecule has 6 nitrogen and oxygen atoms in total. The molecule has 2 N–H and O–H groups in total. The van der Waals surface area contributed by atoms with Gasteiger partial charge in [-0.3, -0.25) is 0 Å². The van der Waals surface area contributed by atoms with E-state index in [-0.39, 0.29) is 24.0 Å². The number of carbonyl (C=O) groups excluding carboxylic acids is 1. The van der Waals surface area contributed by atoms with E-state index in [1.165, 1.54) is 13.3 Å². The first-order valence-electron chi connectivity index (χ1n) is 4.02. The number of rotatable bonds is 3. The molecule has 0 radical (unpaired) electrons. The Labute approximate surface area is 81.1 Å². The molecule has 1 rings (SSSR count). The Morgan fingerprint density at radius 1 is 1.64 bits per heavy atom. The topological polar surface area (TPSA) is 87.3 Å². The third kappa shape index (κ3) is 2.09. The lowest BCUT2D eigenvalue weighted by atomic mass is 10.3. The van der Waals surface area contributed by atoms with Crippen LogP contribution in [-0.4, -0.2) is 29.7 Å². The normalized spacial score (nSPS) is 9.57. The smallest absolute Gasteiger partial charge is 0.359 e. The van der Waals surface area contributed by atoms with Crippen LogP contribution < -0.4 is 10.5 Å². The molecule has 1 heterocycles. The Balaban J connectivity index is 2.99. The molecule has 0 aliphatic heterocycles. The molecular weight excluding hydrogens is 186 g/mol. The van der Waals surface area contributed by atoms with Crippen LogP contribution in [0.15, 0.2) is 6.20 Å². The first-order valence-corrected chi connectivity index (χ1v) is 4.02. The molecule has 0 saturated heterocycles. The van der Waals surface area contributed by atoms with Crippen LogP contribution in [0.2, 0.25) is 0 Å². The fourth-order valence-electron chi connectivity index (χ4n) is 0.836. The highest BCUT2D eigenvalue weighted by molar-refractivity contribution is 5.92. The van der Waals surface area contributed by atoms with Crippen LogP contribution in [0, 0.1) is 0 Å². The molecule has 6 heteroatoms. The number of nitrogens with zero attached hydrogens (tertiary/aromatic N) is 2. The van der Waals surface area contributed by atoms with Crippen LogP contribution in [0.4, 0.5) is 5.69 Å². The molecule has 1 aromatic heterocycles. The van der Waals surface area contributed by atoms with Gasteiger partial charge in [-0.2, -0.15) is 4.98 Å². The minimum Gasteiger partial charge on any atom is -0.467 e. The molecule has 0 atom stereocenters. The average Bonchev–Trinajstić information content (AvgIpc) is 2.19. The van der Waals surface area contributed by atoms with Gasteiger partial charge in [-0.05, 0) is 6.92 Å². The predicted octanol–water partition coefficient (Wildman–Crippen LogP) is 0.244. The van der Waals surface area contributed by atoms with E-state index in [1.54, 1.807) is 6.92 Å². The van der Waals surface area contributed by atoms with Gasteiger partial charge in [0.05, 0.1) is 25.6 Å². The molecule has 14 heavy (non-hydrogen) atoms. The summed E-state index contributed by atoms with van der Waals surface area (Å²) in [7, 11) is 1.40. The van der Waals surface area contributed by atoms with Gasteiger partial charge in [-0.1, -0.05) is 0 Å². The number of anilines is 1. The largest absolute Gasteiger partial charge is 0.467 e. The molecule has 0 aliphatic rings. The maximum Gasteiger partial charge on any atom is 0.359 e. The molecule has 0 unspecified atom stereocenters. The minimum absolute atomic E-state index is 0.0266. The highest BCUT2D eigenvalue weighted by Crippen LogP contribution is 2.12. The fourth-order valence-corrected chi connectivity index (χ4v) is 0.836. The first kappa shape index (κ1) is 10.2. The van der Waals surface area contributed by atoms with E-state index < -0.39 is 5.97 Å². The molecule has 0 fully saturated rings. The lowest BCUT2D eigenvalue weighted by Gasteiger charge is -2.04. The summed E-state index contributed by atoms with van der Waals surface area (Å²) < 4.78 is 9.50. The second kappa shape index (κ2) is 4.40. The van der Waals surface area contributed by atoms with Gasteiger partial charge < -0.3 is 15.2 Å². The highest BCUT2D eigenvalue weighted by Gasteiger charge is 2.14. The Morgan fingerprint density at radius 2 is 2.36 bits per heavy atom. The standard InChI is InChI=1S/C8H11N3O3/c1-3-14-7(12)6-5(9)4-10-8(11-6)13-2/h4H,3,9H2,1-2H3. The zero-order valence-electron chi connectivity index (χ0n) is 7.98. The summed E-state index contributed by atoms with van der Waals surface area (Å²) >= 11 is 0. The SMILES string of the molecule is CCOC(=O)c1nc(OC)ncc1N. The second-order valence-electron chi connectivity index (χ2n) is 2.38. The van der Waals surface area contributed by atoms with Crippen LogP contribution in [0.25, 0.3) is 0 Å². The van der Waals surface area contributed by atoms with Crippen LogP contribution >= 0.6 is 0 Å². The quantitative estimate of drug-likeness (QED) is 0.698. The molecule has 0 amide bonds. The van der Waals surface area contributed by atoms with Crippen molar-refractivity contribution in [1.82, 2.24) is 9.97 Å². The summed E-state index contributed by atoms with van der Waals surface area (Å²) in [5.74, 6) is -0.578. The van der Waals surface area contributed by atoms with Gasteiger partial charge in [0, 0.05) is 0 Å². The third-order valence-electron chi connectivity index (χ3n) is 1.45. The van der Waals surface area contributed by atoms with E-state index in [4.69, 9.17) is 15.2 Å². The van der Waals surface area contributed by atoms with Gasteiger partial charge in [0.25, 0.3) is 0 Å². The van der Waals surface area contributed by atoms with Crippen LogP contribution in [0.3, 0.4) is 0 Å². The molecule has 0 aliphatic carbocycles. The van der Waals surface area contributed by atoms with Gasteiger partial charge in [-0.15, -0.1) is 0 Å². The fraction of sp³-hybridized carbons (Fsp3) is 0.375. The summed E-state index contributed by atoms with van der Waals surface area (Å²) in [6.45, 7) is 1.97. The number of hydrogen-bond donors (Lipinski definition) is 1. The average molecular weight is 197 g/mol. The predicted molar refractivity (Wildman–Crippen MR) is 49.0 cm³/mol. The van der Waals surface area contributed by atoms with Gasteiger partial charge in [-0.25, -0.2) is 9.78 Å². The van der Waals surface area contributed by atoms with E-state index in [2.05, 4.69) is 9.97 Å². The summed E-state index contributed by atoms with van der Waals surface area (Å²) in [5.41, 5.74) is 5.69. The Kier molecular flexibility index (Phi) is 3.22. The van der Waals surface area contributed by atoms with Crippen molar-refractivity contribution in [2.45, 2.75) is 6.92 Å². The number of carbonyl (C=O) groups is 1. The third-order valence-corrected chi connectivity index (χ3v) is 1.45. The Morgan fingerprint density at radius 3 is 2.93 bits per heavy atom. The second-order valence-corrected chi connectivity index (χ2v) is 2.38. The monoisotopic (exact) mass is 197 g/mol. The first-order chi connectivity index (χ1) is 6.69. The van der Waals surface area contributed by atoms with E-state index in [0.717, 1.165) is 0 Å². The molecule has 0 aromatic carbocycles. The van der Waals surface area contributed by atoms with Gasteiger partial charge in [0.1, 0.15) is 0 Å². The maximum absolute atomic E-state index is 11.3. The number of methoxy groups -OCH3 is 1. The molecule has 1 aromatic rings. The number of nitrogen functional groups attached to an aromatic ring is 1. The van der Waals surface area contributed by atoms with Crippen molar-refractivity contribution >= 4 is 11.7 Å². The van der Waals surface area contributed by atoms with Crippen LogP contribution in [-0.2, 0) is 4.74 Å². The Hall–Kier alpha value is -1.85. The van der Waals surface area contributed by atoms with Gasteiger partial charge in [0.15, 0.2) is 5.69 Å². The van der Waals surface area contributed by atoms with E-state index in [0.29, 0.717) is 0 Å². The van der Waals surface area contributed by atoms with Crippen LogP contribution in [0.5, 0.6) is 6.01 Å². The van der Waals surface area contributed by atoms with Crippen molar-refractivity contribution in [3.05, 3.63) is 11.9 Å². The molecular formula is C8H11N3O3. The molecule has 76 valence electrons.